The van der Waals surface area contributed by atoms with Gasteiger partial charge in [0.2, 0.25) is 0 Å². The first-order valence-electron chi connectivity index (χ1n) is 8.66. The number of rotatable bonds is 8. The van der Waals surface area contributed by atoms with E-state index in [0.29, 0.717) is 25.6 Å². The van der Waals surface area contributed by atoms with Gasteiger partial charge in [0.1, 0.15) is 0 Å². The van der Waals surface area contributed by atoms with E-state index in [2.05, 4.69) is 9.62 Å². The van der Waals surface area contributed by atoms with Gasteiger partial charge >= 0.3 is 0 Å². The van der Waals surface area contributed by atoms with Crippen LogP contribution >= 0.6 is 0 Å². The topological polar surface area (TPSA) is 82.1 Å². The van der Waals surface area contributed by atoms with E-state index >= 15 is 0 Å². The molecule has 2 aliphatic heterocycles. The molecule has 0 amide bonds. The number of nitrogens with zero attached hydrogens (tertiary/aromatic N) is 2. The van der Waals surface area contributed by atoms with E-state index in [-0.39, 0.29) is 12.7 Å². The van der Waals surface area contributed by atoms with Crippen LogP contribution in [-0.2, 0) is 14.9 Å². The standard InChI is InChI=1S/C15H31N3O4S/c1-22-15-5-10-18(11-6-15)23(20,21)16-7-3-9-17-8-2-4-14(12-17)13-19/h14-16,19H,2-13H2,1H3. The maximum Gasteiger partial charge on any atom is 0.279 e. The number of aliphatic hydroxyl groups excluding tert-OH is 1. The second-order valence-electron chi connectivity index (χ2n) is 6.58. The number of aliphatic hydroxyl groups is 1. The van der Waals surface area contributed by atoms with E-state index in [4.69, 9.17) is 4.74 Å². The zero-order chi connectivity index (χ0) is 16.7. The molecule has 1 atom stereocenters. The fourth-order valence-electron chi connectivity index (χ4n) is 3.41. The van der Waals surface area contributed by atoms with Crippen LogP contribution in [-0.4, -0.2) is 81.8 Å². The molecule has 2 saturated heterocycles. The zero-order valence-electron chi connectivity index (χ0n) is 14.1. The minimum absolute atomic E-state index is 0.181. The van der Waals surface area contributed by atoms with Crippen molar-refractivity contribution < 1.29 is 18.3 Å². The average molecular weight is 349 g/mol. The maximum absolute atomic E-state index is 12.3. The Labute approximate surface area is 140 Å². The van der Waals surface area contributed by atoms with Gasteiger partial charge in [-0.25, -0.2) is 4.72 Å². The van der Waals surface area contributed by atoms with Gasteiger partial charge in [-0.05, 0) is 51.1 Å². The van der Waals surface area contributed by atoms with Crippen molar-refractivity contribution >= 4 is 10.2 Å². The minimum atomic E-state index is -3.36. The van der Waals surface area contributed by atoms with Crippen LogP contribution in [0.1, 0.15) is 32.1 Å². The largest absolute Gasteiger partial charge is 0.396 e. The third kappa shape index (κ3) is 5.95. The van der Waals surface area contributed by atoms with Crippen LogP contribution in [0.5, 0.6) is 0 Å². The zero-order valence-corrected chi connectivity index (χ0v) is 14.9. The van der Waals surface area contributed by atoms with Gasteiger partial charge in [0.15, 0.2) is 0 Å². The van der Waals surface area contributed by atoms with Crippen molar-refractivity contribution in [2.24, 2.45) is 5.92 Å². The SMILES string of the molecule is COC1CCN(S(=O)(=O)NCCCN2CCCC(CO)C2)CC1. The smallest absolute Gasteiger partial charge is 0.279 e. The Morgan fingerprint density at radius 1 is 1.22 bits per heavy atom. The lowest BCUT2D eigenvalue weighted by Gasteiger charge is -2.32. The molecular formula is C15H31N3O4S. The Morgan fingerprint density at radius 3 is 2.61 bits per heavy atom. The maximum atomic E-state index is 12.3. The normalized spacial score (nSPS) is 25.7. The lowest BCUT2D eigenvalue weighted by molar-refractivity contribution is 0.0602. The fraction of sp³-hybridized carbons (Fsp3) is 1.00. The number of methoxy groups -OCH3 is 1. The van der Waals surface area contributed by atoms with Crippen molar-refractivity contribution in [3.63, 3.8) is 0 Å². The van der Waals surface area contributed by atoms with Crippen molar-refractivity contribution in [1.29, 1.82) is 0 Å². The van der Waals surface area contributed by atoms with Gasteiger partial charge in [0.05, 0.1) is 6.10 Å². The Balaban J connectivity index is 1.65. The van der Waals surface area contributed by atoms with Crippen LogP contribution in [0.15, 0.2) is 0 Å². The van der Waals surface area contributed by atoms with E-state index in [9.17, 15) is 13.5 Å². The molecule has 136 valence electrons. The number of hydrogen-bond acceptors (Lipinski definition) is 5. The van der Waals surface area contributed by atoms with Crippen LogP contribution in [0.2, 0.25) is 0 Å². The third-order valence-electron chi connectivity index (χ3n) is 4.87. The lowest BCUT2D eigenvalue weighted by atomic mass is 9.99. The van der Waals surface area contributed by atoms with Gasteiger partial charge in [-0.2, -0.15) is 12.7 Å². The highest BCUT2D eigenvalue weighted by molar-refractivity contribution is 7.87. The predicted octanol–water partition coefficient (Wildman–Crippen LogP) is 0.0260. The molecule has 0 aromatic carbocycles. The van der Waals surface area contributed by atoms with E-state index in [1.54, 1.807) is 7.11 Å². The number of hydrogen-bond donors (Lipinski definition) is 2. The van der Waals surface area contributed by atoms with E-state index < -0.39 is 10.2 Å². The summed E-state index contributed by atoms with van der Waals surface area (Å²) in [6.45, 7) is 4.62. The van der Waals surface area contributed by atoms with Crippen molar-refractivity contribution in [1.82, 2.24) is 13.9 Å². The van der Waals surface area contributed by atoms with Crippen molar-refractivity contribution in [3.05, 3.63) is 0 Å². The fourth-order valence-corrected chi connectivity index (χ4v) is 4.68. The summed E-state index contributed by atoms with van der Waals surface area (Å²) in [6.07, 6.45) is 4.70. The first kappa shape index (κ1) is 19.1. The van der Waals surface area contributed by atoms with E-state index in [0.717, 1.165) is 51.7 Å². The number of piperidine rings is 2. The molecule has 0 aliphatic carbocycles. The van der Waals surface area contributed by atoms with Gasteiger partial charge in [-0.1, -0.05) is 0 Å². The Morgan fingerprint density at radius 2 is 1.96 bits per heavy atom. The average Bonchev–Trinajstić information content (AvgIpc) is 2.59. The highest BCUT2D eigenvalue weighted by Gasteiger charge is 2.27. The van der Waals surface area contributed by atoms with E-state index in [1.165, 1.54) is 4.31 Å². The molecule has 0 spiro atoms. The first-order valence-corrected chi connectivity index (χ1v) is 10.1. The number of nitrogens with one attached hydrogen (secondary N) is 1. The minimum Gasteiger partial charge on any atom is -0.396 e. The van der Waals surface area contributed by atoms with E-state index in [1.807, 2.05) is 0 Å². The third-order valence-corrected chi connectivity index (χ3v) is 6.49. The second kappa shape index (κ2) is 9.29. The van der Waals surface area contributed by atoms with Crippen LogP contribution in [0.4, 0.5) is 0 Å². The molecule has 2 N–H and O–H groups in total. The van der Waals surface area contributed by atoms with Crippen molar-refractivity contribution in [2.75, 3.05) is 53.0 Å². The summed E-state index contributed by atoms with van der Waals surface area (Å²) in [5.74, 6) is 0.377. The molecule has 2 heterocycles. The summed E-state index contributed by atoms with van der Waals surface area (Å²) in [5, 5.41) is 9.24. The van der Waals surface area contributed by atoms with Crippen LogP contribution in [0, 0.1) is 5.92 Å². The lowest BCUT2D eigenvalue weighted by Crippen LogP contribution is -2.46. The van der Waals surface area contributed by atoms with Gasteiger partial charge in [0, 0.05) is 39.9 Å². The number of likely N-dealkylation sites (tertiary alicyclic amines) is 1. The predicted molar refractivity (Wildman–Crippen MR) is 89.4 cm³/mol. The van der Waals surface area contributed by atoms with Gasteiger partial charge < -0.3 is 14.7 Å². The summed E-state index contributed by atoms with van der Waals surface area (Å²) in [4.78, 5) is 2.32. The molecule has 2 rings (SSSR count). The van der Waals surface area contributed by atoms with Gasteiger partial charge in [0.25, 0.3) is 10.2 Å². The van der Waals surface area contributed by atoms with Crippen molar-refractivity contribution in [3.8, 4) is 0 Å². The monoisotopic (exact) mass is 349 g/mol. The summed E-state index contributed by atoms with van der Waals surface area (Å²) >= 11 is 0. The Bertz CT molecular complexity index is 438. The molecule has 23 heavy (non-hydrogen) atoms. The van der Waals surface area contributed by atoms with Gasteiger partial charge in [-0.15, -0.1) is 0 Å². The highest BCUT2D eigenvalue weighted by atomic mass is 32.2. The molecular weight excluding hydrogens is 318 g/mol. The molecule has 0 bridgehead atoms. The summed E-state index contributed by atoms with van der Waals surface area (Å²) in [7, 11) is -1.69. The molecule has 0 aromatic rings. The molecule has 0 aromatic heterocycles. The van der Waals surface area contributed by atoms with Crippen LogP contribution in [0.25, 0.3) is 0 Å². The summed E-state index contributed by atoms with van der Waals surface area (Å²) in [6, 6.07) is 0. The Kier molecular flexibility index (Phi) is 7.71. The quantitative estimate of drug-likeness (QED) is 0.604. The summed E-state index contributed by atoms with van der Waals surface area (Å²) in [5.41, 5.74) is 0. The van der Waals surface area contributed by atoms with Crippen LogP contribution in [0.3, 0.4) is 0 Å². The first-order chi connectivity index (χ1) is 11.0. The molecule has 7 nitrogen and oxygen atoms in total. The molecule has 8 heteroatoms. The Hall–Kier alpha value is -0.250. The molecule has 2 fully saturated rings. The molecule has 0 radical (unpaired) electrons. The second-order valence-corrected chi connectivity index (χ2v) is 8.33. The molecule has 1 unspecified atom stereocenters. The van der Waals surface area contributed by atoms with Gasteiger partial charge in [-0.3, -0.25) is 0 Å². The molecule has 0 saturated carbocycles. The molecule has 2 aliphatic rings. The highest BCUT2D eigenvalue weighted by Crippen LogP contribution is 2.16. The van der Waals surface area contributed by atoms with Crippen LogP contribution < -0.4 is 4.72 Å². The van der Waals surface area contributed by atoms with Crippen molar-refractivity contribution in [2.45, 2.75) is 38.2 Å². The summed E-state index contributed by atoms with van der Waals surface area (Å²) < 4.78 is 34.0. The number of ether oxygens (including phenoxy) is 1.